The molecule has 1 aromatic heterocycles. The van der Waals surface area contributed by atoms with E-state index in [9.17, 15) is 12.8 Å². The van der Waals surface area contributed by atoms with E-state index in [0.717, 1.165) is 17.7 Å². The van der Waals surface area contributed by atoms with Gasteiger partial charge in [-0.15, -0.1) is 0 Å². The van der Waals surface area contributed by atoms with Gasteiger partial charge < -0.3 is 14.0 Å². The van der Waals surface area contributed by atoms with Gasteiger partial charge in [0.05, 0.1) is 4.90 Å². The van der Waals surface area contributed by atoms with Crippen molar-refractivity contribution in [2.75, 3.05) is 19.9 Å². The van der Waals surface area contributed by atoms with E-state index in [1.54, 1.807) is 12.1 Å². The Hall–Kier alpha value is -2.98. The molecule has 2 aromatic carbocycles. The molecule has 0 atom stereocenters. The predicted octanol–water partition coefficient (Wildman–Crippen LogP) is 3.17. The topological polar surface area (TPSA) is 94.8 Å². The summed E-state index contributed by atoms with van der Waals surface area (Å²) in [6.45, 7) is 0.841. The highest BCUT2D eigenvalue weighted by Crippen LogP contribution is 2.36. The molecule has 3 aromatic rings. The number of sulfonamides is 1. The van der Waals surface area contributed by atoms with Crippen molar-refractivity contribution in [2.45, 2.75) is 23.7 Å². The normalized spacial score (nSPS) is 17.4. The van der Waals surface area contributed by atoms with Crippen LogP contribution in [0.5, 0.6) is 11.5 Å². The maximum absolute atomic E-state index is 13.1. The second-order valence-electron chi connectivity index (χ2n) is 7.16. The van der Waals surface area contributed by atoms with E-state index in [1.165, 1.54) is 16.4 Å². The quantitative estimate of drug-likeness (QED) is 0.626. The number of aromatic nitrogens is 2. The molecule has 2 aliphatic heterocycles. The molecule has 0 unspecified atom stereocenters. The van der Waals surface area contributed by atoms with Gasteiger partial charge in [-0.1, -0.05) is 5.16 Å². The van der Waals surface area contributed by atoms with Gasteiger partial charge in [0.1, 0.15) is 5.82 Å². The lowest BCUT2D eigenvalue weighted by Crippen LogP contribution is -2.37. The lowest BCUT2D eigenvalue weighted by molar-refractivity contribution is 0.174. The molecule has 0 bridgehead atoms. The van der Waals surface area contributed by atoms with Crippen LogP contribution in [-0.4, -0.2) is 42.7 Å². The lowest BCUT2D eigenvalue weighted by atomic mass is 9.98. The van der Waals surface area contributed by atoms with Crippen molar-refractivity contribution in [1.29, 1.82) is 0 Å². The smallest absolute Gasteiger partial charge is 0.243 e. The third-order valence-electron chi connectivity index (χ3n) is 5.33. The molecule has 0 spiro atoms. The summed E-state index contributed by atoms with van der Waals surface area (Å²) in [6, 6.07) is 10.3. The van der Waals surface area contributed by atoms with Gasteiger partial charge in [-0.2, -0.15) is 9.29 Å². The van der Waals surface area contributed by atoms with Crippen LogP contribution in [0.3, 0.4) is 0 Å². The molecule has 8 nitrogen and oxygen atoms in total. The average Bonchev–Trinajstić information content (AvgIpc) is 3.43. The van der Waals surface area contributed by atoms with Gasteiger partial charge in [0.15, 0.2) is 11.5 Å². The van der Waals surface area contributed by atoms with Crippen LogP contribution in [0.15, 0.2) is 51.9 Å². The number of hydrogen-bond acceptors (Lipinski definition) is 7. The van der Waals surface area contributed by atoms with Gasteiger partial charge >= 0.3 is 0 Å². The zero-order valence-electron chi connectivity index (χ0n) is 15.8. The maximum Gasteiger partial charge on any atom is 0.243 e. The summed E-state index contributed by atoms with van der Waals surface area (Å²) in [7, 11) is -3.65. The third-order valence-corrected chi connectivity index (χ3v) is 7.24. The molecule has 1 fully saturated rings. The Labute approximate surface area is 172 Å². The monoisotopic (exact) mass is 431 g/mol. The molecule has 0 radical (unpaired) electrons. The molecule has 1 saturated heterocycles. The number of ether oxygens (including phenoxy) is 2. The highest BCUT2D eigenvalue weighted by molar-refractivity contribution is 7.89. The summed E-state index contributed by atoms with van der Waals surface area (Å²) in [4.78, 5) is 4.59. The molecule has 2 aliphatic rings. The molecule has 3 heterocycles. The minimum absolute atomic E-state index is 0.0278. The van der Waals surface area contributed by atoms with Crippen LogP contribution in [0.4, 0.5) is 4.39 Å². The molecule has 0 amide bonds. The summed E-state index contributed by atoms with van der Waals surface area (Å²) in [5.41, 5.74) is 0.755. The standard InChI is InChI=1S/C20H18FN3O5S/c21-15-2-4-16(5-3-15)30(25,26)24-9-7-13(8-10-24)20-22-19(23-29-20)14-1-6-17-18(11-14)28-12-27-17/h1-6,11,13H,7-10,12H2. The molecule has 0 N–H and O–H groups in total. The first kappa shape index (κ1) is 19.0. The van der Waals surface area contributed by atoms with Crippen LogP contribution >= 0.6 is 0 Å². The van der Waals surface area contributed by atoms with E-state index in [0.29, 0.717) is 49.1 Å². The Bertz CT molecular complexity index is 1170. The maximum atomic E-state index is 13.1. The van der Waals surface area contributed by atoms with Crippen molar-refractivity contribution >= 4 is 10.0 Å². The Kier molecular flexibility index (Phi) is 4.67. The molecule has 156 valence electrons. The second kappa shape index (κ2) is 7.37. The molecular weight excluding hydrogens is 413 g/mol. The fourth-order valence-corrected chi connectivity index (χ4v) is 5.12. The number of halogens is 1. The van der Waals surface area contributed by atoms with Gasteiger partial charge in [0, 0.05) is 24.6 Å². The minimum atomic E-state index is -3.65. The number of piperidine rings is 1. The SMILES string of the molecule is O=S(=O)(c1ccc(F)cc1)N1CCC(c2nc(-c3ccc4c(c3)OCO4)no2)CC1. The van der Waals surface area contributed by atoms with Crippen molar-refractivity contribution in [2.24, 2.45) is 0 Å². The molecule has 10 heteroatoms. The van der Waals surface area contributed by atoms with Crippen molar-refractivity contribution in [3.63, 3.8) is 0 Å². The summed E-state index contributed by atoms with van der Waals surface area (Å²) in [6.07, 6.45) is 1.12. The van der Waals surface area contributed by atoms with E-state index in [2.05, 4.69) is 10.1 Å². The highest BCUT2D eigenvalue weighted by atomic mass is 32.2. The van der Waals surface area contributed by atoms with Crippen LogP contribution in [0.1, 0.15) is 24.7 Å². The lowest BCUT2D eigenvalue weighted by Gasteiger charge is -2.29. The number of fused-ring (bicyclic) bond motifs is 1. The van der Waals surface area contributed by atoms with Gasteiger partial charge in [-0.05, 0) is 55.3 Å². The molecule has 0 saturated carbocycles. The van der Waals surface area contributed by atoms with Crippen molar-refractivity contribution in [3.8, 4) is 22.9 Å². The van der Waals surface area contributed by atoms with Gasteiger partial charge in [-0.25, -0.2) is 12.8 Å². The van der Waals surface area contributed by atoms with Crippen LogP contribution in [0.25, 0.3) is 11.4 Å². The van der Waals surface area contributed by atoms with Crippen molar-refractivity contribution < 1.29 is 26.8 Å². The highest BCUT2D eigenvalue weighted by Gasteiger charge is 2.32. The van der Waals surface area contributed by atoms with Crippen LogP contribution in [-0.2, 0) is 10.0 Å². The van der Waals surface area contributed by atoms with Gasteiger partial charge in [0.2, 0.25) is 28.5 Å². The van der Waals surface area contributed by atoms with Crippen LogP contribution < -0.4 is 9.47 Å². The van der Waals surface area contributed by atoms with E-state index in [1.807, 2.05) is 6.07 Å². The zero-order chi connectivity index (χ0) is 20.7. The van der Waals surface area contributed by atoms with Gasteiger partial charge in [-0.3, -0.25) is 0 Å². The van der Waals surface area contributed by atoms with E-state index < -0.39 is 15.8 Å². The first-order chi connectivity index (χ1) is 14.5. The van der Waals surface area contributed by atoms with E-state index in [4.69, 9.17) is 14.0 Å². The van der Waals surface area contributed by atoms with Crippen molar-refractivity contribution in [1.82, 2.24) is 14.4 Å². The fraction of sp³-hybridized carbons (Fsp3) is 0.300. The summed E-state index contributed by atoms with van der Waals surface area (Å²) >= 11 is 0. The molecular formula is C20H18FN3O5S. The minimum Gasteiger partial charge on any atom is -0.454 e. The zero-order valence-corrected chi connectivity index (χ0v) is 16.6. The largest absolute Gasteiger partial charge is 0.454 e. The Morgan fingerprint density at radius 2 is 1.73 bits per heavy atom. The first-order valence-corrected chi connectivity index (χ1v) is 10.9. The third kappa shape index (κ3) is 3.41. The number of hydrogen-bond donors (Lipinski definition) is 0. The van der Waals surface area contributed by atoms with Gasteiger partial charge in [0.25, 0.3) is 0 Å². The summed E-state index contributed by atoms with van der Waals surface area (Å²) < 4.78 is 56.2. The fourth-order valence-electron chi connectivity index (χ4n) is 3.65. The second-order valence-corrected chi connectivity index (χ2v) is 9.09. The average molecular weight is 431 g/mol. The van der Waals surface area contributed by atoms with Crippen molar-refractivity contribution in [3.05, 3.63) is 54.2 Å². The van der Waals surface area contributed by atoms with E-state index >= 15 is 0 Å². The number of benzene rings is 2. The molecule has 5 rings (SSSR count). The van der Waals surface area contributed by atoms with E-state index in [-0.39, 0.29) is 17.6 Å². The Morgan fingerprint density at radius 3 is 2.50 bits per heavy atom. The Balaban J connectivity index is 1.28. The summed E-state index contributed by atoms with van der Waals surface area (Å²) in [5, 5.41) is 4.06. The summed E-state index contributed by atoms with van der Waals surface area (Å²) in [5.74, 6) is 1.75. The first-order valence-electron chi connectivity index (χ1n) is 9.50. The number of rotatable bonds is 4. The number of nitrogens with zero attached hydrogens (tertiary/aromatic N) is 3. The van der Waals surface area contributed by atoms with Crippen LogP contribution in [0.2, 0.25) is 0 Å². The molecule has 0 aliphatic carbocycles. The van der Waals surface area contributed by atoms with Crippen LogP contribution in [0, 0.1) is 5.82 Å². The predicted molar refractivity (Wildman–Crippen MR) is 103 cm³/mol. The Morgan fingerprint density at radius 1 is 1.00 bits per heavy atom. The molecule has 30 heavy (non-hydrogen) atoms.